The van der Waals surface area contributed by atoms with E-state index in [2.05, 4.69) is 24.2 Å². The third-order valence-corrected chi connectivity index (χ3v) is 4.72. The largest absolute Gasteiger partial charge is 0.465 e. The second-order valence-corrected chi connectivity index (χ2v) is 6.49. The van der Waals surface area contributed by atoms with Crippen molar-refractivity contribution >= 4 is 5.97 Å². The molecular weight excluding hydrogens is 252 g/mol. The van der Waals surface area contributed by atoms with Gasteiger partial charge in [0.05, 0.1) is 6.61 Å². The van der Waals surface area contributed by atoms with E-state index in [9.17, 15) is 4.79 Å². The number of rotatable bonds is 9. The van der Waals surface area contributed by atoms with Crippen LogP contribution in [0.2, 0.25) is 0 Å². The molecule has 1 atom stereocenters. The molecule has 2 saturated carbocycles. The first-order chi connectivity index (χ1) is 9.62. The van der Waals surface area contributed by atoms with Gasteiger partial charge in [-0.1, -0.05) is 13.3 Å². The fourth-order valence-electron chi connectivity index (χ4n) is 3.39. The van der Waals surface area contributed by atoms with Crippen LogP contribution >= 0.6 is 0 Å². The summed E-state index contributed by atoms with van der Waals surface area (Å²) >= 11 is 0. The van der Waals surface area contributed by atoms with Gasteiger partial charge in [0.15, 0.2) is 0 Å². The summed E-state index contributed by atoms with van der Waals surface area (Å²) in [5.41, 5.74) is -0.483. The van der Waals surface area contributed by atoms with Gasteiger partial charge in [0, 0.05) is 13.1 Å². The monoisotopic (exact) mass is 282 g/mol. The number of carbonyl (C=O) groups is 1. The highest BCUT2D eigenvalue weighted by atomic mass is 16.5. The van der Waals surface area contributed by atoms with E-state index < -0.39 is 5.54 Å². The molecule has 2 rings (SSSR count). The molecule has 1 unspecified atom stereocenters. The topological polar surface area (TPSA) is 41.6 Å². The summed E-state index contributed by atoms with van der Waals surface area (Å²) in [7, 11) is 2.14. The SMILES string of the molecule is CCNC(CN(C)CC1CCC1)(C(=O)OCC)C1CC1. The van der Waals surface area contributed by atoms with Crippen LogP contribution in [0.3, 0.4) is 0 Å². The Hall–Kier alpha value is -0.610. The third kappa shape index (κ3) is 3.53. The van der Waals surface area contributed by atoms with E-state index in [1.165, 1.54) is 19.3 Å². The Labute approximate surface area is 123 Å². The first-order valence-electron chi connectivity index (χ1n) is 8.23. The molecule has 0 radical (unpaired) electrons. The summed E-state index contributed by atoms with van der Waals surface area (Å²) in [5, 5.41) is 3.47. The Morgan fingerprint density at radius 3 is 2.45 bits per heavy atom. The van der Waals surface area contributed by atoms with Gasteiger partial charge in [-0.3, -0.25) is 0 Å². The molecule has 0 aromatic carbocycles. The lowest BCUT2D eigenvalue weighted by atomic mass is 9.84. The van der Waals surface area contributed by atoms with Crippen molar-refractivity contribution in [3.63, 3.8) is 0 Å². The van der Waals surface area contributed by atoms with Gasteiger partial charge in [-0.05, 0) is 58.0 Å². The van der Waals surface area contributed by atoms with Crippen molar-refractivity contribution in [3.8, 4) is 0 Å². The molecule has 0 amide bonds. The van der Waals surface area contributed by atoms with E-state index in [-0.39, 0.29) is 5.97 Å². The second kappa shape index (κ2) is 6.90. The average molecular weight is 282 g/mol. The highest BCUT2D eigenvalue weighted by molar-refractivity contribution is 5.82. The number of hydrogen-bond acceptors (Lipinski definition) is 4. The van der Waals surface area contributed by atoms with E-state index in [1.807, 2.05) is 6.92 Å². The van der Waals surface area contributed by atoms with E-state index in [1.54, 1.807) is 0 Å². The minimum Gasteiger partial charge on any atom is -0.465 e. The van der Waals surface area contributed by atoms with Gasteiger partial charge in [0.2, 0.25) is 0 Å². The fourth-order valence-corrected chi connectivity index (χ4v) is 3.39. The van der Waals surface area contributed by atoms with Crippen LogP contribution < -0.4 is 5.32 Å². The van der Waals surface area contributed by atoms with Crippen molar-refractivity contribution in [1.82, 2.24) is 10.2 Å². The average Bonchev–Trinajstić information content (AvgIpc) is 3.18. The quantitative estimate of drug-likeness (QED) is 0.657. The number of esters is 1. The molecule has 0 aromatic heterocycles. The lowest BCUT2D eigenvalue weighted by Crippen LogP contribution is -2.61. The van der Waals surface area contributed by atoms with Crippen LogP contribution in [0.15, 0.2) is 0 Å². The summed E-state index contributed by atoms with van der Waals surface area (Å²) in [6, 6.07) is 0. The number of hydrogen-bond donors (Lipinski definition) is 1. The molecule has 20 heavy (non-hydrogen) atoms. The van der Waals surface area contributed by atoms with E-state index in [0.717, 1.165) is 38.4 Å². The highest BCUT2D eigenvalue weighted by Gasteiger charge is 2.52. The normalized spacial score (nSPS) is 22.4. The molecule has 116 valence electrons. The number of likely N-dealkylation sites (N-methyl/N-ethyl adjacent to an activating group) is 2. The Morgan fingerprint density at radius 2 is 2.00 bits per heavy atom. The van der Waals surface area contributed by atoms with Crippen LogP contribution in [0, 0.1) is 11.8 Å². The molecule has 2 aliphatic rings. The maximum absolute atomic E-state index is 12.5. The Kier molecular flexibility index (Phi) is 5.44. The zero-order chi connectivity index (χ0) is 14.6. The van der Waals surface area contributed by atoms with Crippen molar-refractivity contribution in [2.75, 3.05) is 33.3 Å². The van der Waals surface area contributed by atoms with E-state index in [0.29, 0.717) is 12.5 Å². The van der Waals surface area contributed by atoms with Crippen molar-refractivity contribution in [2.24, 2.45) is 11.8 Å². The molecule has 4 nitrogen and oxygen atoms in total. The standard InChI is InChI=1S/C16H30N2O2/c1-4-17-16(14-9-10-14,15(19)20-5-2)12-18(3)11-13-7-6-8-13/h13-14,17H,4-12H2,1-3H3. The summed E-state index contributed by atoms with van der Waals surface area (Å²) < 4.78 is 5.38. The molecule has 4 heteroatoms. The van der Waals surface area contributed by atoms with Gasteiger partial charge in [-0.25, -0.2) is 4.79 Å². The maximum Gasteiger partial charge on any atom is 0.327 e. The van der Waals surface area contributed by atoms with Crippen LogP contribution in [0.1, 0.15) is 46.0 Å². The van der Waals surface area contributed by atoms with Crippen LogP contribution in [-0.2, 0) is 9.53 Å². The van der Waals surface area contributed by atoms with Gasteiger partial charge >= 0.3 is 5.97 Å². The van der Waals surface area contributed by atoms with E-state index in [4.69, 9.17) is 4.74 Å². The van der Waals surface area contributed by atoms with Gasteiger partial charge in [0.1, 0.15) is 5.54 Å². The molecule has 0 aliphatic heterocycles. The number of ether oxygens (including phenoxy) is 1. The summed E-state index contributed by atoms with van der Waals surface area (Å²) in [4.78, 5) is 14.9. The molecule has 0 bridgehead atoms. The predicted molar refractivity (Wildman–Crippen MR) is 80.6 cm³/mol. The lowest BCUT2D eigenvalue weighted by Gasteiger charge is -2.38. The number of nitrogens with zero attached hydrogens (tertiary/aromatic N) is 1. The molecular formula is C16H30N2O2. The summed E-state index contributed by atoms with van der Waals surface area (Å²) in [6.07, 6.45) is 6.35. The maximum atomic E-state index is 12.5. The molecule has 1 N–H and O–H groups in total. The molecule has 0 aromatic rings. The third-order valence-electron chi connectivity index (χ3n) is 4.72. The molecule has 0 saturated heterocycles. The predicted octanol–water partition coefficient (Wildman–Crippen LogP) is 2.04. The second-order valence-electron chi connectivity index (χ2n) is 6.49. The zero-order valence-electron chi connectivity index (χ0n) is 13.3. The Morgan fingerprint density at radius 1 is 1.30 bits per heavy atom. The fraction of sp³-hybridized carbons (Fsp3) is 0.938. The summed E-state index contributed by atoms with van der Waals surface area (Å²) in [5.74, 6) is 1.23. The molecule has 0 spiro atoms. The van der Waals surface area contributed by atoms with Crippen molar-refractivity contribution in [1.29, 1.82) is 0 Å². The van der Waals surface area contributed by atoms with Crippen LogP contribution in [0.5, 0.6) is 0 Å². The first kappa shape index (κ1) is 15.8. The van der Waals surface area contributed by atoms with Gasteiger partial charge < -0.3 is 15.0 Å². The molecule has 2 fully saturated rings. The van der Waals surface area contributed by atoms with Crippen LogP contribution in [0.4, 0.5) is 0 Å². The highest BCUT2D eigenvalue weighted by Crippen LogP contribution is 2.41. The minimum atomic E-state index is -0.483. The number of nitrogens with one attached hydrogen (secondary N) is 1. The minimum absolute atomic E-state index is 0.0511. The Bertz CT molecular complexity index is 326. The first-order valence-corrected chi connectivity index (χ1v) is 8.23. The van der Waals surface area contributed by atoms with Crippen molar-refractivity contribution in [3.05, 3.63) is 0 Å². The molecule has 2 aliphatic carbocycles. The van der Waals surface area contributed by atoms with Crippen LogP contribution in [-0.4, -0.2) is 49.7 Å². The van der Waals surface area contributed by atoms with Gasteiger partial charge in [0.25, 0.3) is 0 Å². The molecule has 0 heterocycles. The van der Waals surface area contributed by atoms with Gasteiger partial charge in [-0.2, -0.15) is 0 Å². The number of carbonyl (C=O) groups excluding carboxylic acids is 1. The van der Waals surface area contributed by atoms with Crippen molar-refractivity contribution in [2.45, 2.75) is 51.5 Å². The van der Waals surface area contributed by atoms with E-state index >= 15 is 0 Å². The van der Waals surface area contributed by atoms with Gasteiger partial charge in [-0.15, -0.1) is 0 Å². The zero-order valence-corrected chi connectivity index (χ0v) is 13.3. The Balaban J connectivity index is 2.01. The summed E-state index contributed by atoms with van der Waals surface area (Å²) in [6.45, 7) is 7.12. The van der Waals surface area contributed by atoms with Crippen LogP contribution in [0.25, 0.3) is 0 Å². The van der Waals surface area contributed by atoms with Crippen molar-refractivity contribution < 1.29 is 9.53 Å². The smallest absolute Gasteiger partial charge is 0.327 e. The lowest BCUT2D eigenvalue weighted by molar-refractivity contribution is -0.153.